The van der Waals surface area contributed by atoms with E-state index in [1.165, 1.54) is 12.4 Å². The molecule has 0 amide bonds. The zero-order valence-corrected chi connectivity index (χ0v) is 24.2. The summed E-state index contributed by atoms with van der Waals surface area (Å²) < 4.78 is 42.4. The molecule has 13 heteroatoms. The molecular weight excluding hydrogens is 576 g/mol. The summed E-state index contributed by atoms with van der Waals surface area (Å²) in [5, 5.41) is 25.8. The molecule has 0 bridgehead atoms. The van der Waals surface area contributed by atoms with Crippen molar-refractivity contribution in [3.8, 4) is 6.07 Å². The molecule has 0 aliphatic heterocycles. The third-order valence-corrected chi connectivity index (χ3v) is 7.55. The lowest BCUT2D eigenvalue weighted by atomic mass is 9.96. The van der Waals surface area contributed by atoms with Crippen LogP contribution in [0, 0.1) is 23.7 Å². The monoisotopic (exact) mass is 602 g/mol. The van der Waals surface area contributed by atoms with Gasteiger partial charge in [-0.2, -0.15) is 18.4 Å². The molecule has 3 aromatic heterocycles. The molecule has 2 N–H and O–H groups in total. The van der Waals surface area contributed by atoms with Gasteiger partial charge in [-0.1, -0.05) is 55.3 Å². The number of benzene rings is 1. The Bertz CT molecular complexity index is 1670. The van der Waals surface area contributed by atoms with Gasteiger partial charge in [0.1, 0.15) is 16.9 Å². The highest BCUT2D eigenvalue weighted by Crippen LogP contribution is 2.55. The van der Waals surface area contributed by atoms with Crippen molar-refractivity contribution in [2.45, 2.75) is 58.3 Å². The predicted octanol–water partition coefficient (Wildman–Crippen LogP) is 7.42. The number of hydrogen-bond donors (Lipinski definition) is 2. The SMILES string of the molecule is Cc1nc(Cl)ccc1[C@H](Nc1cc(Cl)c2ncc(C#N)c(NCC(C)(C)C)c2c1)c1cn(C2(C(F)(F)F)CC2)nn1. The fraction of sp³-hybridized carbons (Fsp3) is 0.393. The van der Waals surface area contributed by atoms with Gasteiger partial charge in [0, 0.05) is 35.1 Å². The third kappa shape index (κ3) is 5.63. The Morgan fingerprint density at radius 3 is 2.51 bits per heavy atom. The zero-order chi connectivity index (χ0) is 29.7. The number of nitrogens with zero attached hydrogens (tertiary/aromatic N) is 6. The van der Waals surface area contributed by atoms with Crippen LogP contribution in [0.5, 0.6) is 0 Å². The summed E-state index contributed by atoms with van der Waals surface area (Å²) in [5.74, 6) is 0. The van der Waals surface area contributed by atoms with Crippen molar-refractivity contribution < 1.29 is 13.2 Å². The minimum Gasteiger partial charge on any atom is -0.383 e. The molecule has 0 radical (unpaired) electrons. The molecule has 1 aliphatic rings. The molecule has 0 saturated heterocycles. The summed E-state index contributed by atoms with van der Waals surface area (Å²) in [6.07, 6.45) is -1.77. The lowest BCUT2D eigenvalue weighted by Crippen LogP contribution is -2.35. The molecule has 1 saturated carbocycles. The molecule has 1 aromatic carbocycles. The van der Waals surface area contributed by atoms with Gasteiger partial charge < -0.3 is 10.6 Å². The van der Waals surface area contributed by atoms with E-state index in [0.717, 1.165) is 4.68 Å². The van der Waals surface area contributed by atoms with Crippen molar-refractivity contribution in [1.82, 2.24) is 25.0 Å². The average molecular weight is 603 g/mol. The second kappa shape index (κ2) is 10.3. The smallest absolute Gasteiger partial charge is 0.383 e. The molecule has 4 aromatic rings. The molecule has 8 nitrogen and oxygen atoms in total. The second-order valence-corrected chi connectivity index (χ2v) is 12.2. The number of fused-ring (bicyclic) bond motifs is 1. The van der Waals surface area contributed by atoms with Gasteiger partial charge in [-0.3, -0.25) is 4.98 Å². The van der Waals surface area contributed by atoms with Crippen LogP contribution in [0.25, 0.3) is 10.9 Å². The molecule has 3 heterocycles. The van der Waals surface area contributed by atoms with Crippen LogP contribution in [-0.2, 0) is 5.54 Å². The van der Waals surface area contributed by atoms with E-state index in [9.17, 15) is 18.4 Å². The summed E-state index contributed by atoms with van der Waals surface area (Å²) in [6.45, 7) is 8.54. The first-order valence-electron chi connectivity index (χ1n) is 12.9. The van der Waals surface area contributed by atoms with Crippen LogP contribution in [0.3, 0.4) is 0 Å². The van der Waals surface area contributed by atoms with Gasteiger partial charge in [-0.05, 0) is 43.4 Å². The first kappa shape index (κ1) is 28.9. The summed E-state index contributed by atoms with van der Waals surface area (Å²) in [7, 11) is 0. The molecule has 0 unspecified atom stereocenters. The van der Waals surface area contributed by atoms with E-state index in [1.54, 1.807) is 31.2 Å². The van der Waals surface area contributed by atoms with Crippen LogP contribution in [0.2, 0.25) is 10.2 Å². The number of nitrogens with one attached hydrogen (secondary N) is 2. The van der Waals surface area contributed by atoms with Crippen LogP contribution in [0.1, 0.15) is 62.2 Å². The van der Waals surface area contributed by atoms with Crippen LogP contribution < -0.4 is 10.6 Å². The molecule has 5 rings (SSSR count). The van der Waals surface area contributed by atoms with E-state index >= 15 is 0 Å². The third-order valence-electron chi connectivity index (χ3n) is 7.05. The van der Waals surface area contributed by atoms with E-state index < -0.39 is 17.8 Å². The highest BCUT2D eigenvalue weighted by molar-refractivity contribution is 6.35. The van der Waals surface area contributed by atoms with Crippen molar-refractivity contribution >= 4 is 45.5 Å². The number of rotatable bonds is 7. The molecule has 0 spiro atoms. The van der Waals surface area contributed by atoms with Gasteiger partial charge in [-0.15, -0.1) is 5.10 Å². The zero-order valence-electron chi connectivity index (χ0n) is 22.7. The second-order valence-electron chi connectivity index (χ2n) is 11.4. The van der Waals surface area contributed by atoms with E-state index in [4.69, 9.17) is 23.2 Å². The summed E-state index contributed by atoms with van der Waals surface area (Å²) in [4.78, 5) is 8.73. The number of nitriles is 1. The maximum Gasteiger partial charge on any atom is 0.413 e. The highest BCUT2D eigenvalue weighted by atomic mass is 35.5. The molecule has 1 atom stereocenters. The number of halogens is 5. The van der Waals surface area contributed by atoms with E-state index in [1.807, 2.05) is 0 Å². The first-order chi connectivity index (χ1) is 19.2. The first-order valence-corrected chi connectivity index (χ1v) is 13.6. The largest absolute Gasteiger partial charge is 0.413 e. The Morgan fingerprint density at radius 1 is 1.17 bits per heavy atom. The van der Waals surface area contributed by atoms with Crippen molar-refractivity contribution in [2.24, 2.45) is 5.41 Å². The maximum atomic E-state index is 13.8. The van der Waals surface area contributed by atoms with Crippen molar-refractivity contribution in [2.75, 3.05) is 17.2 Å². The Hall–Kier alpha value is -3.62. The molecule has 214 valence electrons. The number of aromatic nitrogens is 5. The van der Waals surface area contributed by atoms with E-state index in [0.29, 0.717) is 50.7 Å². The topological polar surface area (TPSA) is 104 Å². The van der Waals surface area contributed by atoms with Gasteiger partial charge in [0.2, 0.25) is 0 Å². The Balaban J connectivity index is 1.61. The lowest BCUT2D eigenvalue weighted by Gasteiger charge is -2.23. The number of aryl methyl sites for hydroxylation is 1. The molecular formula is C28H27Cl2F3N8. The van der Waals surface area contributed by atoms with Crippen molar-refractivity contribution in [1.29, 1.82) is 5.26 Å². The standard InChI is InChI=1S/C28H27Cl2F3N8/c1-15-18(5-6-22(30)37-15)25(21-13-41(40-39-21)27(7-8-27)28(31,32)33)38-17-9-19-23(36-14-26(2,3)4)16(11-34)12-35-24(19)20(29)10-17/h5-6,9-10,12-13,25,38H,7-8,14H2,1-4H3,(H,35,36)/t25-/m0/s1. The summed E-state index contributed by atoms with van der Waals surface area (Å²) in [6, 6.07) is 8.25. The van der Waals surface area contributed by atoms with Crippen molar-refractivity contribution in [3.63, 3.8) is 0 Å². The van der Waals surface area contributed by atoms with Crippen LogP contribution in [-0.4, -0.2) is 37.7 Å². The number of pyridine rings is 2. The number of hydrogen-bond acceptors (Lipinski definition) is 7. The maximum absolute atomic E-state index is 13.8. The van der Waals surface area contributed by atoms with Crippen molar-refractivity contribution in [3.05, 3.63) is 69.3 Å². The highest BCUT2D eigenvalue weighted by Gasteiger charge is 2.66. The Morgan fingerprint density at radius 2 is 1.90 bits per heavy atom. The fourth-order valence-corrected chi connectivity index (χ4v) is 5.13. The Kier molecular flexibility index (Phi) is 7.28. The van der Waals surface area contributed by atoms with E-state index in [2.05, 4.69) is 57.8 Å². The quantitative estimate of drug-likeness (QED) is 0.212. The number of alkyl halides is 3. The van der Waals surface area contributed by atoms with Gasteiger partial charge in [0.15, 0.2) is 5.54 Å². The summed E-state index contributed by atoms with van der Waals surface area (Å²) >= 11 is 12.8. The minimum absolute atomic E-state index is 0.0578. The number of anilines is 2. The van der Waals surface area contributed by atoms with Crippen LogP contribution in [0.15, 0.2) is 36.7 Å². The van der Waals surface area contributed by atoms with E-state index in [-0.39, 0.29) is 29.1 Å². The molecule has 41 heavy (non-hydrogen) atoms. The Labute approximate surface area is 244 Å². The molecule has 1 aliphatic carbocycles. The normalized spacial score (nSPS) is 15.4. The predicted molar refractivity (Wildman–Crippen MR) is 152 cm³/mol. The molecule has 1 fully saturated rings. The fourth-order valence-electron chi connectivity index (χ4n) is 4.67. The van der Waals surface area contributed by atoms with Gasteiger partial charge in [0.25, 0.3) is 0 Å². The lowest BCUT2D eigenvalue weighted by molar-refractivity contribution is -0.182. The van der Waals surface area contributed by atoms with Gasteiger partial charge in [-0.25, -0.2) is 9.67 Å². The van der Waals surface area contributed by atoms with Gasteiger partial charge >= 0.3 is 6.18 Å². The van der Waals surface area contributed by atoms with Crippen LogP contribution in [0.4, 0.5) is 24.5 Å². The average Bonchev–Trinajstić information content (AvgIpc) is 3.57. The summed E-state index contributed by atoms with van der Waals surface area (Å²) in [5.41, 5.74) is 1.32. The van der Waals surface area contributed by atoms with Crippen LogP contribution >= 0.6 is 23.2 Å². The minimum atomic E-state index is -4.45. The van der Waals surface area contributed by atoms with Gasteiger partial charge in [0.05, 0.1) is 34.0 Å².